The van der Waals surface area contributed by atoms with Crippen LogP contribution in [0.15, 0.2) is 24.3 Å². The highest BCUT2D eigenvalue weighted by molar-refractivity contribution is 5.77. The summed E-state index contributed by atoms with van der Waals surface area (Å²) in [6.45, 7) is 6.34. The van der Waals surface area contributed by atoms with Crippen molar-refractivity contribution in [1.82, 2.24) is 5.32 Å². The number of carbonyl (C=O) groups is 1. The summed E-state index contributed by atoms with van der Waals surface area (Å²) in [5.41, 5.74) is 1.31. The van der Waals surface area contributed by atoms with Gasteiger partial charge >= 0.3 is 0 Å². The van der Waals surface area contributed by atoms with E-state index in [4.69, 9.17) is 10.00 Å². The highest BCUT2D eigenvalue weighted by Gasteiger charge is 2.13. The second kappa shape index (κ2) is 6.06. The topological polar surface area (TPSA) is 62.1 Å². The molecule has 1 N–H and O–H groups in total. The molecule has 0 heterocycles. The zero-order valence-corrected chi connectivity index (χ0v) is 11.0. The quantitative estimate of drug-likeness (QED) is 0.826. The van der Waals surface area contributed by atoms with Gasteiger partial charge in [0.25, 0.3) is 5.91 Å². The molecular formula is C14H18N2O2. The first-order valence-electron chi connectivity index (χ1n) is 5.80. The molecule has 0 bridgehead atoms. The zero-order chi connectivity index (χ0) is 13.6. The highest BCUT2D eigenvalue weighted by atomic mass is 16.5. The predicted octanol–water partition coefficient (Wildman–Crippen LogP) is 2.00. The molecule has 0 saturated carbocycles. The number of benzene rings is 1. The van der Waals surface area contributed by atoms with Gasteiger partial charge in [-0.2, -0.15) is 5.26 Å². The van der Waals surface area contributed by atoms with Gasteiger partial charge in [-0.25, -0.2) is 0 Å². The monoisotopic (exact) mass is 246 g/mol. The average molecular weight is 246 g/mol. The number of hydrogen-bond donors (Lipinski definition) is 1. The molecule has 1 aromatic rings. The van der Waals surface area contributed by atoms with Gasteiger partial charge in [0.1, 0.15) is 12.3 Å². The molecule has 0 unspecified atom stereocenters. The number of ether oxygens (including phenoxy) is 1. The molecular weight excluding hydrogens is 228 g/mol. The first-order valence-corrected chi connectivity index (χ1v) is 5.80. The first-order chi connectivity index (χ1) is 8.43. The molecule has 4 heteroatoms. The van der Waals surface area contributed by atoms with Crippen molar-refractivity contribution >= 4 is 5.91 Å². The van der Waals surface area contributed by atoms with Crippen LogP contribution in [-0.4, -0.2) is 19.1 Å². The minimum atomic E-state index is -0.295. The molecule has 0 aromatic heterocycles. The smallest absolute Gasteiger partial charge is 0.258 e. The maximum absolute atomic E-state index is 11.2. The molecule has 18 heavy (non-hydrogen) atoms. The Labute approximate surface area is 108 Å². The van der Waals surface area contributed by atoms with E-state index in [-0.39, 0.29) is 24.5 Å². The second-order valence-corrected chi connectivity index (χ2v) is 5.00. The van der Waals surface area contributed by atoms with Crippen LogP contribution in [0.1, 0.15) is 26.3 Å². The molecule has 0 radical (unpaired) electrons. The molecule has 0 aliphatic heterocycles. The second-order valence-electron chi connectivity index (χ2n) is 5.00. The highest BCUT2D eigenvalue weighted by Crippen LogP contribution is 2.24. The molecule has 1 rings (SSSR count). The summed E-state index contributed by atoms with van der Waals surface area (Å²) in [5, 5.41) is 10.7. The average Bonchev–Trinajstić information content (AvgIpc) is 2.33. The largest absolute Gasteiger partial charge is 0.484 e. The molecule has 0 aliphatic carbocycles. The Morgan fingerprint density at radius 3 is 2.44 bits per heavy atom. The number of nitrogens with one attached hydrogen (secondary N) is 1. The zero-order valence-electron chi connectivity index (χ0n) is 11.0. The van der Waals surface area contributed by atoms with E-state index in [0.717, 1.165) is 0 Å². The lowest BCUT2D eigenvalue weighted by Gasteiger charge is -2.19. The van der Waals surface area contributed by atoms with E-state index in [1.54, 1.807) is 0 Å². The fourth-order valence-electron chi connectivity index (χ4n) is 1.39. The fourth-order valence-corrected chi connectivity index (χ4v) is 1.39. The Kier molecular flexibility index (Phi) is 4.73. The lowest BCUT2D eigenvalue weighted by molar-refractivity contribution is -0.122. The normalized spacial score (nSPS) is 10.6. The molecule has 0 atom stereocenters. The van der Waals surface area contributed by atoms with Crippen molar-refractivity contribution in [2.45, 2.75) is 26.2 Å². The van der Waals surface area contributed by atoms with Gasteiger partial charge in [-0.3, -0.25) is 4.79 Å². The standard InChI is InChI=1S/C14H18N2O2/c1-14(2,3)11-4-6-12(7-5-11)18-10-13(17)16-9-8-15/h4-7H,9-10H2,1-3H3,(H,16,17). The summed E-state index contributed by atoms with van der Waals surface area (Å²) in [5.74, 6) is 0.353. The van der Waals surface area contributed by atoms with Crippen LogP contribution in [0.4, 0.5) is 0 Å². The molecule has 1 aromatic carbocycles. The number of carbonyl (C=O) groups excluding carboxylic acids is 1. The third-order valence-electron chi connectivity index (χ3n) is 2.45. The Hall–Kier alpha value is -2.02. The third kappa shape index (κ3) is 4.46. The molecule has 0 saturated heterocycles. The van der Waals surface area contributed by atoms with Crippen LogP contribution in [0.3, 0.4) is 0 Å². The molecule has 0 fully saturated rings. The summed E-state index contributed by atoms with van der Waals surface area (Å²) < 4.78 is 5.31. The van der Waals surface area contributed by atoms with Crippen LogP contribution in [0.25, 0.3) is 0 Å². The maximum Gasteiger partial charge on any atom is 0.258 e. The number of amides is 1. The molecule has 1 amide bonds. The summed E-state index contributed by atoms with van der Waals surface area (Å²) in [4.78, 5) is 11.2. The summed E-state index contributed by atoms with van der Waals surface area (Å²) in [6, 6.07) is 9.50. The SMILES string of the molecule is CC(C)(C)c1ccc(OCC(=O)NCC#N)cc1. The van der Waals surface area contributed by atoms with Crippen LogP contribution < -0.4 is 10.1 Å². The Morgan fingerprint density at radius 1 is 1.33 bits per heavy atom. The van der Waals surface area contributed by atoms with E-state index in [0.29, 0.717) is 5.75 Å². The number of nitrogens with zero attached hydrogens (tertiary/aromatic N) is 1. The number of hydrogen-bond acceptors (Lipinski definition) is 3. The fraction of sp³-hybridized carbons (Fsp3) is 0.429. The maximum atomic E-state index is 11.2. The minimum absolute atomic E-state index is 0.00511. The van der Waals surface area contributed by atoms with E-state index in [9.17, 15) is 4.79 Å². The Bertz CT molecular complexity index is 438. The summed E-state index contributed by atoms with van der Waals surface area (Å²) >= 11 is 0. The van der Waals surface area contributed by atoms with E-state index in [2.05, 4.69) is 26.1 Å². The van der Waals surface area contributed by atoms with Gasteiger partial charge in [0.05, 0.1) is 6.07 Å². The van der Waals surface area contributed by atoms with Gasteiger partial charge < -0.3 is 10.1 Å². The van der Waals surface area contributed by atoms with Crippen molar-refractivity contribution in [2.75, 3.05) is 13.2 Å². The van der Waals surface area contributed by atoms with Crippen LogP contribution in [0.2, 0.25) is 0 Å². The molecule has 96 valence electrons. The summed E-state index contributed by atoms with van der Waals surface area (Å²) in [7, 11) is 0. The Morgan fingerprint density at radius 2 is 1.94 bits per heavy atom. The molecule has 0 aliphatic rings. The van der Waals surface area contributed by atoms with Crippen molar-refractivity contribution in [1.29, 1.82) is 5.26 Å². The van der Waals surface area contributed by atoms with Crippen LogP contribution in [0, 0.1) is 11.3 Å². The first kappa shape index (κ1) is 14.0. The minimum Gasteiger partial charge on any atom is -0.484 e. The third-order valence-corrected chi connectivity index (χ3v) is 2.45. The van der Waals surface area contributed by atoms with Crippen molar-refractivity contribution < 1.29 is 9.53 Å². The van der Waals surface area contributed by atoms with E-state index < -0.39 is 0 Å². The predicted molar refractivity (Wildman–Crippen MR) is 69.3 cm³/mol. The van der Waals surface area contributed by atoms with Crippen molar-refractivity contribution in [3.63, 3.8) is 0 Å². The van der Waals surface area contributed by atoms with E-state index in [1.165, 1.54) is 5.56 Å². The van der Waals surface area contributed by atoms with Gasteiger partial charge in [0.2, 0.25) is 0 Å². The van der Waals surface area contributed by atoms with Gasteiger partial charge in [0, 0.05) is 0 Å². The lowest BCUT2D eigenvalue weighted by Crippen LogP contribution is -2.29. The Balaban J connectivity index is 2.50. The van der Waals surface area contributed by atoms with Gasteiger partial charge in [-0.1, -0.05) is 32.9 Å². The van der Waals surface area contributed by atoms with Crippen LogP contribution in [0.5, 0.6) is 5.75 Å². The number of nitriles is 1. The van der Waals surface area contributed by atoms with Crippen LogP contribution in [-0.2, 0) is 10.2 Å². The molecule has 4 nitrogen and oxygen atoms in total. The van der Waals surface area contributed by atoms with Gasteiger partial charge in [-0.15, -0.1) is 0 Å². The van der Waals surface area contributed by atoms with Crippen molar-refractivity contribution in [2.24, 2.45) is 0 Å². The van der Waals surface area contributed by atoms with Gasteiger partial charge in [-0.05, 0) is 23.1 Å². The van der Waals surface area contributed by atoms with Crippen molar-refractivity contribution in [3.8, 4) is 11.8 Å². The van der Waals surface area contributed by atoms with Gasteiger partial charge in [0.15, 0.2) is 6.61 Å². The molecule has 0 spiro atoms. The summed E-state index contributed by atoms with van der Waals surface area (Å²) in [6.07, 6.45) is 0. The van der Waals surface area contributed by atoms with Crippen LogP contribution >= 0.6 is 0 Å². The lowest BCUT2D eigenvalue weighted by atomic mass is 9.87. The van der Waals surface area contributed by atoms with E-state index >= 15 is 0 Å². The number of rotatable bonds is 4. The van der Waals surface area contributed by atoms with E-state index in [1.807, 2.05) is 30.3 Å². The van der Waals surface area contributed by atoms with Crippen molar-refractivity contribution in [3.05, 3.63) is 29.8 Å².